The minimum Gasteiger partial charge on any atom is -0.465 e. The van der Waals surface area contributed by atoms with Crippen LogP contribution in [0.3, 0.4) is 0 Å². The predicted octanol–water partition coefficient (Wildman–Crippen LogP) is 2.26. The molecular formula is C19H26O6S. The van der Waals surface area contributed by atoms with Gasteiger partial charge >= 0.3 is 11.9 Å². The Morgan fingerprint density at radius 3 is 1.85 bits per heavy atom. The van der Waals surface area contributed by atoms with Gasteiger partial charge in [0.05, 0.1) is 18.5 Å². The molecule has 0 aliphatic heterocycles. The molecule has 7 heteroatoms. The van der Waals surface area contributed by atoms with Crippen LogP contribution in [-0.2, 0) is 35.3 Å². The first-order valence-corrected chi connectivity index (χ1v) is 10.7. The van der Waals surface area contributed by atoms with E-state index in [0.717, 1.165) is 12.0 Å². The molecule has 6 nitrogen and oxygen atoms in total. The zero-order valence-electron chi connectivity index (χ0n) is 15.7. The van der Waals surface area contributed by atoms with Gasteiger partial charge in [0.25, 0.3) is 0 Å². The fourth-order valence-corrected chi connectivity index (χ4v) is 5.47. The lowest BCUT2D eigenvalue weighted by Crippen LogP contribution is -2.36. The summed E-state index contributed by atoms with van der Waals surface area (Å²) in [7, 11) is -3.67. The number of carbonyl (C=O) groups excluding carboxylic acids is 2. The van der Waals surface area contributed by atoms with Crippen LogP contribution in [-0.4, -0.2) is 44.6 Å². The number of esters is 2. The van der Waals surface area contributed by atoms with Crippen molar-refractivity contribution >= 4 is 21.8 Å². The van der Waals surface area contributed by atoms with Gasteiger partial charge in [0.2, 0.25) is 0 Å². The van der Waals surface area contributed by atoms with Crippen LogP contribution in [0.1, 0.15) is 44.7 Å². The molecule has 0 aromatic heterocycles. The van der Waals surface area contributed by atoms with Crippen molar-refractivity contribution in [2.24, 2.45) is 5.41 Å². The summed E-state index contributed by atoms with van der Waals surface area (Å²) in [6, 6.07) is 7.32. The Morgan fingerprint density at radius 1 is 0.962 bits per heavy atom. The molecule has 1 aliphatic rings. The van der Waals surface area contributed by atoms with Crippen LogP contribution in [0.4, 0.5) is 0 Å². The van der Waals surface area contributed by atoms with Crippen LogP contribution in [0.5, 0.6) is 0 Å². The van der Waals surface area contributed by atoms with Crippen molar-refractivity contribution in [1.29, 1.82) is 0 Å². The van der Waals surface area contributed by atoms with Crippen LogP contribution < -0.4 is 0 Å². The van der Waals surface area contributed by atoms with Crippen LogP contribution in [0, 0.1) is 5.41 Å². The first kappa shape index (κ1) is 20.4. The van der Waals surface area contributed by atoms with Crippen molar-refractivity contribution in [1.82, 2.24) is 0 Å². The Morgan fingerprint density at radius 2 is 1.46 bits per heavy atom. The fraction of sp³-hybridized carbons (Fsp3) is 0.579. The first-order valence-electron chi connectivity index (χ1n) is 8.95. The van der Waals surface area contributed by atoms with Crippen molar-refractivity contribution in [3.63, 3.8) is 0 Å². The Kier molecular flexibility index (Phi) is 6.11. The maximum Gasteiger partial charge on any atom is 0.325 e. The molecule has 1 aliphatic carbocycles. The molecule has 0 bridgehead atoms. The minimum absolute atomic E-state index is 0.0559. The zero-order valence-corrected chi connectivity index (χ0v) is 16.5. The van der Waals surface area contributed by atoms with Gasteiger partial charge in [0, 0.05) is 11.7 Å². The Balaban J connectivity index is 2.59. The lowest BCUT2D eigenvalue weighted by molar-refractivity contribution is -0.164. The highest BCUT2D eigenvalue weighted by Crippen LogP contribution is 2.64. The largest absolute Gasteiger partial charge is 0.465 e. The number of sulfone groups is 1. The van der Waals surface area contributed by atoms with Gasteiger partial charge in [0.15, 0.2) is 15.3 Å². The van der Waals surface area contributed by atoms with Crippen molar-refractivity contribution in [3.05, 3.63) is 35.4 Å². The molecule has 1 aromatic rings. The van der Waals surface area contributed by atoms with Gasteiger partial charge in [-0.25, -0.2) is 8.42 Å². The average Bonchev–Trinajstić information content (AvgIpc) is 3.35. The second kappa shape index (κ2) is 7.78. The Bertz CT molecular complexity index is 748. The molecule has 0 amide bonds. The lowest BCUT2D eigenvalue weighted by atomic mass is 9.98. The second-order valence-electron chi connectivity index (χ2n) is 6.25. The predicted molar refractivity (Wildman–Crippen MR) is 97.5 cm³/mol. The summed E-state index contributed by atoms with van der Waals surface area (Å²) in [4.78, 5) is 25.5. The highest BCUT2D eigenvalue weighted by atomic mass is 32.2. The lowest BCUT2D eigenvalue weighted by Gasteiger charge is -2.15. The van der Waals surface area contributed by atoms with Gasteiger partial charge in [0.1, 0.15) is 0 Å². The normalized spacial score (nSPS) is 21.1. The molecule has 0 radical (unpaired) electrons. The standard InChI is InChI=1S/C19H26O6S/c1-5-13-9-11-14(12-10-13)15-16(26(22,23)8-4)19(15,17(20)24-6-2)18(21)25-7-3/h9-12,15-16H,5-8H2,1-4H3/t15-,16+/m1/s1. The minimum atomic E-state index is -3.67. The Hall–Kier alpha value is -1.89. The third-order valence-corrected chi connectivity index (χ3v) is 7.12. The van der Waals surface area contributed by atoms with Crippen LogP contribution >= 0.6 is 0 Å². The number of aryl methyl sites for hydroxylation is 1. The number of rotatable bonds is 8. The zero-order chi connectivity index (χ0) is 19.5. The monoisotopic (exact) mass is 382 g/mol. The van der Waals surface area contributed by atoms with E-state index in [1.165, 1.54) is 6.92 Å². The molecule has 0 spiro atoms. The van der Waals surface area contributed by atoms with E-state index in [1.807, 2.05) is 19.1 Å². The van der Waals surface area contributed by atoms with Crippen molar-refractivity contribution < 1.29 is 27.5 Å². The molecule has 0 unspecified atom stereocenters. The van der Waals surface area contributed by atoms with Crippen LogP contribution in [0.25, 0.3) is 0 Å². The van der Waals surface area contributed by atoms with Gasteiger partial charge in [-0.3, -0.25) is 9.59 Å². The van der Waals surface area contributed by atoms with E-state index in [0.29, 0.717) is 5.56 Å². The number of hydrogen-bond acceptors (Lipinski definition) is 6. The molecule has 1 fully saturated rings. The van der Waals surface area contributed by atoms with Gasteiger partial charge in [-0.2, -0.15) is 0 Å². The van der Waals surface area contributed by atoms with E-state index in [1.54, 1.807) is 26.0 Å². The van der Waals surface area contributed by atoms with E-state index in [9.17, 15) is 18.0 Å². The van der Waals surface area contributed by atoms with Gasteiger partial charge < -0.3 is 9.47 Å². The van der Waals surface area contributed by atoms with E-state index < -0.39 is 38.4 Å². The van der Waals surface area contributed by atoms with Crippen LogP contribution in [0.2, 0.25) is 0 Å². The van der Waals surface area contributed by atoms with E-state index in [2.05, 4.69) is 0 Å². The summed E-state index contributed by atoms with van der Waals surface area (Å²) in [5.74, 6) is -2.62. The van der Waals surface area contributed by atoms with Crippen molar-refractivity contribution in [3.8, 4) is 0 Å². The topological polar surface area (TPSA) is 86.7 Å². The second-order valence-corrected chi connectivity index (χ2v) is 8.67. The van der Waals surface area contributed by atoms with Gasteiger partial charge in [-0.15, -0.1) is 0 Å². The van der Waals surface area contributed by atoms with Gasteiger partial charge in [-0.1, -0.05) is 38.1 Å². The summed E-state index contributed by atoms with van der Waals surface area (Å²) >= 11 is 0. The molecular weight excluding hydrogens is 356 g/mol. The number of ether oxygens (including phenoxy) is 2. The van der Waals surface area contributed by atoms with Crippen molar-refractivity contribution in [2.75, 3.05) is 19.0 Å². The summed E-state index contributed by atoms with van der Waals surface area (Å²) in [5.41, 5.74) is -0.110. The molecule has 0 saturated heterocycles. The molecule has 26 heavy (non-hydrogen) atoms. The molecule has 1 saturated carbocycles. The summed E-state index contributed by atoms with van der Waals surface area (Å²) < 4.78 is 35.6. The summed E-state index contributed by atoms with van der Waals surface area (Å²) in [5, 5.41) is -1.16. The molecule has 1 aromatic carbocycles. The van der Waals surface area contributed by atoms with Gasteiger partial charge in [-0.05, 0) is 31.4 Å². The molecule has 0 N–H and O–H groups in total. The van der Waals surface area contributed by atoms with E-state index in [-0.39, 0.29) is 19.0 Å². The first-order chi connectivity index (χ1) is 12.3. The third kappa shape index (κ3) is 3.24. The summed E-state index contributed by atoms with van der Waals surface area (Å²) in [6.45, 7) is 6.87. The third-order valence-electron chi connectivity index (χ3n) is 4.90. The summed E-state index contributed by atoms with van der Waals surface area (Å²) in [6.07, 6.45) is 0.836. The maximum absolute atomic E-state index is 12.7. The highest BCUT2D eigenvalue weighted by molar-refractivity contribution is 7.92. The van der Waals surface area contributed by atoms with E-state index >= 15 is 0 Å². The van der Waals surface area contributed by atoms with Crippen molar-refractivity contribution in [2.45, 2.75) is 45.3 Å². The number of benzene rings is 1. The average molecular weight is 382 g/mol. The maximum atomic E-state index is 12.7. The molecule has 144 valence electrons. The SMILES string of the molecule is CCOC(=O)C1(C(=O)OCC)[C@H](c2ccc(CC)cc2)[C@@H]1S(=O)(=O)CC. The fourth-order valence-electron chi connectivity index (χ4n) is 3.50. The highest BCUT2D eigenvalue weighted by Gasteiger charge is 2.81. The molecule has 2 rings (SSSR count). The molecule has 2 atom stereocenters. The molecule has 0 heterocycles. The number of carbonyl (C=O) groups is 2. The smallest absolute Gasteiger partial charge is 0.325 e. The number of hydrogen-bond donors (Lipinski definition) is 0. The Labute approximate surface area is 154 Å². The van der Waals surface area contributed by atoms with Crippen LogP contribution in [0.15, 0.2) is 24.3 Å². The quantitative estimate of drug-likeness (QED) is 0.506. The van der Waals surface area contributed by atoms with E-state index in [4.69, 9.17) is 9.47 Å².